The fraction of sp³-hybridized carbons (Fsp3) is 0.273. The summed E-state index contributed by atoms with van der Waals surface area (Å²) in [6.45, 7) is 2.16. The standard InChI is InChI=1S/C11H14N2.H3O4P/c1-8(12-2)10-7-13-11-6-4-3-5-9(10)11;1-5(2,3)4/h3-8,12-13H,1-2H3;(H3,1,2,3,4). The largest absolute Gasteiger partial charge is 0.466 e. The first-order valence-corrected chi connectivity index (χ1v) is 6.91. The predicted octanol–water partition coefficient (Wildman–Crippen LogP) is 1.52. The second-order valence-electron chi connectivity index (χ2n) is 3.81. The van der Waals surface area contributed by atoms with Crippen molar-refractivity contribution in [1.29, 1.82) is 0 Å². The lowest BCUT2D eigenvalue weighted by Crippen LogP contribution is -2.11. The normalized spacial score (nSPS) is 12.9. The SMILES string of the molecule is CNC(C)c1c[nH]c2ccccc12.O=P(O)(O)O. The summed E-state index contributed by atoms with van der Waals surface area (Å²) in [5.74, 6) is 0. The van der Waals surface area contributed by atoms with E-state index < -0.39 is 7.82 Å². The lowest BCUT2D eigenvalue weighted by atomic mass is 10.1. The minimum Gasteiger partial charge on any atom is -0.361 e. The van der Waals surface area contributed by atoms with Crippen molar-refractivity contribution in [3.63, 3.8) is 0 Å². The lowest BCUT2D eigenvalue weighted by molar-refractivity contribution is 0.275. The van der Waals surface area contributed by atoms with Gasteiger partial charge in [0.1, 0.15) is 0 Å². The van der Waals surface area contributed by atoms with E-state index in [-0.39, 0.29) is 0 Å². The molecule has 2 aromatic rings. The van der Waals surface area contributed by atoms with Gasteiger partial charge >= 0.3 is 7.82 Å². The Morgan fingerprint density at radius 2 is 1.83 bits per heavy atom. The van der Waals surface area contributed by atoms with Gasteiger partial charge in [0.15, 0.2) is 0 Å². The molecule has 100 valence electrons. The summed E-state index contributed by atoms with van der Waals surface area (Å²) in [6, 6.07) is 8.77. The molecule has 2 rings (SSSR count). The molecule has 1 heterocycles. The third kappa shape index (κ3) is 4.60. The Hall–Kier alpha value is -1.17. The fourth-order valence-corrected chi connectivity index (χ4v) is 1.61. The summed E-state index contributed by atoms with van der Waals surface area (Å²) in [4.78, 5) is 24.8. The van der Waals surface area contributed by atoms with E-state index in [9.17, 15) is 0 Å². The van der Waals surface area contributed by atoms with Gasteiger partial charge in [0.25, 0.3) is 0 Å². The van der Waals surface area contributed by atoms with E-state index in [2.05, 4.69) is 41.6 Å². The molecular formula is C11H17N2O4P. The molecule has 5 N–H and O–H groups in total. The van der Waals surface area contributed by atoms with E-state index in [4.69, 9.17) is 19.2 Å². The maximum absolute atomic E-state index is 8.88. The molecule has 1 aromatic carbocycles. The Morgan fingerprint density at radius 1 is 1.28 bits per heavy atom. The van der Waals surface area contributed by atoms with Crippen LogP contribution in [0.25, 0.3) is 10.9 Å². The maximum atomic E-state index is 8.88. The average molecular weight is 272 g/mol. The molecule has 0 aliphatic carbocycles. The van der Waals surface area contributed by atoms with Crippen LogP contribution in [0.15, 0.2) is 30.5 Å². The number of nitrogens with one attached hydrogen (secondary N) is 2. The van der Waals surface area contributed by atoms with Crippen LogP contribution >= 0.6 is 7.82 Å². The highest BCUT2D eigenvalue weighted by atomic mass is 31.2. The first-order chi connectivity index (χ1) is 8.33. The van der Waals surface area contributed by atoms with Gasteiger partial charge in [-0.1, -0.05) is 18.2 Å². The summed E-state index contributed by atoms with van der Waals surface area (Å²) in [5.41, 5.74) is 2.54. The molecule has 0 aliphatic rings. The van der Waals surface area contributed by atoms with Crippen molar-refractivity contribution in [2.24, 2.45) is 0 Å². The Morgan fingerprint density at radius 3 is 2.39 bits per heavy atom. The van der Waals surface area contributed by atoms with Crippen molar-refractivity contribution in [1.82, 2.24) is 10.3 Å². The Kier molecular flexibility index (Phi) is 5.07. The van der Waals surface area contributed by atoms with E-state index in [1.807, 2.05) is 13.1 Å². The second-order valence-corrected chi connectivity index (χ2v) is 4.84. The van der Waals surface area contributed by atoms with Crippen molar-refractivity contribution < 1.29 is 19.2 Å². The second kappa shape index (κ2) is 6.13. The highest BCUT2D eigenvalue weighted by Crippen LogP contribution is 2.25. The number of hydrogen-bond donors (Lipinski definition) is 5. The first-order valence-electron chi connectivity index (χ1n) is 5.34. The summed E-state index contributed by atoms with van der Waals surface area (Å²) in [6.07, 6.45) is 2.08. The molecule has 1 atom stereocenters. The monoisotopic (exact) mass is 272 g/mol. The fourth-order valence-electron chi connectivity index (χ4n) is 1.61. The molecule has 0 radical (unpaired) electrons. The zero-order chi connectivity index (χ0) is 13.8. The maximum Gasteiger partial charge on any atom is 0.466 e. The van der Waals surface area contributed by atoms with Gasteiger partial charge in [0, 0.05) is 23.1 Å². The van der Waals surface area contributed by atoms with Gasteiger partial charge in [0.2, 0.25) is 0 Å². The van der Waals surface area contributed by atoms with Gasteiger partial charge in [-0.25, -0.2) is 4.57 Å². The highest BCUT2D eigenvalue weighted by molar-refractivity contribution is 7.45. The minimum absolute atomic E-state index is 0.399. The van der Waals surface area contributed by atoms with E-state index in [0.717, 1.165) is 0 Å². The molecule has 0 fully saturated rings. The van der Waals surface area contributed by atoms with Crippen LogP contribution in [0.2, 0.25) is 0 Å². The van der Waals surface area contributed by atoms with Crippen LogP contribution in [0, 0.1) is 0 Å². The van der Waals surface area contributed by atoms with Crippen LogP contribution in [0.1, 0.15) is 18.5 Å². The third-order valence-corrected chi connectivity index (χ3v) is 2.52. The number of fused-ring (bicyclic) bond motifs is 1. The number of rotatable bonds is 2. The van der Waals surface area contributed by atoms with Crippen LogP contribution < -0.4 is 5.32 Å². The molecule has 0 saturated heterocycles. The molecule has 1 unspecified atom stereocenters. The van der Waals surface area contributed by atoms with E-state index in [0.29, 0.717) is 6.04 Å². The van der Waals surface area contributed by atoms with E-state index >= 15 is 0 Å². The van der Waals surface area contributed by atoms with Crippen molar-refractivity contribution >= 4 is 18.7 Å². The van der Waals surface area contributed by atoms with Gasteiger partial charge in [-0.15, -0.1) is 0 Å². The lowest BCUT2D eigenvalue weighted by Gasteiger charge is -2.07. The molecule has 1 aromatic heterocycles. The summed E-state index contributed by atoms with van der Waals surface area (Å²) < 4.78 is 8.88. The highest BCUT2D eigenvalue weighted by Gasteiger charge is 2.07. The number of para-hydroxylation sites is 1. The number of H-pyrrole nitrogens is 1. The molecule has 7 heteroatoms. The predicted molar refractivity (Wildman–Crippen MR) is 70.0 cm³/mol. The summed E-state index contributed by atoms with van der Waals surface area (Å²) >= 11 is 0. The molecule has 18 heavy (non-hydrogen) atoms. The first kappa shape index (κ1) is 14.9. The average Bonchev–Trinajstić information content (AvgIpc) is 2.69. The molecule has 0 saturated carbocycles. The molecule has 0 amide bonds. The van der Waals surface area contributed by atoms with E-state index in [1.54, 1.807) is 0 Å². The van der Waals surface area contributed by atoms with Crippen LogP contribution in [-0.2, 0) is 4.57 Å². The Labute approximate surface area is 105 Å². The zero-order valence-corrected chi connectivity index (χ0v) is 11.1. The van der Waals surface area contributed by atoms with Gasteiger partial charge in [-0.05, 0) is 25.6 Å². The Bertz CT molecular complexity index is 540. The van der Waals surface area contributed by atoms with Crippen LogP contribution in [0.5, 0.6) is 0 Å². The molecule has 0 aliphatic heterocycles. The van der Waals surface area contributed by atoms with Crippen molar-refractivity contribution in [2.75, 3.05) is 7.05 Å². The quantitative estimate of drug-likeness (QED) is 0.533. The number of aromatic amines is 1. The molecular weight excluding hydrogens is 255 g/mol. The smallest absolute Gasteiger partial charge is 0.361 e. The van der Waals surface area contributed by atoms with Gasteiger partial charge in [0.05, 0.1) is 0 Å². The van der Waals surface area contributed by atoms with Crippen molar-refractivity contribution in [3.8, 4) is 0 Å². The van der Waals surface area contributed by atoms with Crippen LogP contribution in [-0.4, -0.2) is 26.7 Å². The topological polar surface area (TPSA) is 106 Å². The van der Waals surface area contributed by atoms with Gasteiger partial charge < -0.3 is 25.0 Å². The minimum atomic E-state index is -4.64. The van der Waals surface area contributed by atoms with Crippen molar-refractivity contribution in [3.05, 3.63) is 36.0 Å². The van der Waals surface area contributed by atoms with E-state index in [1.165, 1.54) is 16.5 Å². The van der Waals surface area contributed by atoms with Gasteiger partial charge in [-0.2, -0.15) is 0 Å². The van der Waals surface area contributed by atoms with Gasteiger partial charge in [-0.3, -0.25) is 0 Å². The molecule has 6 nitrogen and oxygen atoms in total. The van der Waals surface area contributed by atoms with Crippen LogP contribution in [0.4, 0.5) is 0 Å². The third-order valence-electron chi connectivity index (χ3n) is 2.52. The molecule has 0 bridgehead atoms. The van der Waals surface area contributed by atoms with Crippen molar-refractivity contribution in [2.45, 2.75) is 13.0 Å². The number of hydrogen-bond acceptors (Lipinski definition) is 2. The zero-order valence-electron chi connectivity index (χ0n) is 10.2. The summed E-state index contributed by atoms with van der Waals surface area (Å²) in [7, 11) is -2.66. The number of benzene rings is 1. The number of aromatic nitrogens is 1. The molecule has 0 spiro atoms. The summed E-state index contributed by atoms with van der Waals surface area (Å²) in [5, 5.41) is 4.55. The van der Waals surface area contributed by atoms with Crippen LogP contribution in [0.3, 0.4) is 0 Å². The Balaban J connectivity index is 0.000000280. The number of phosphoric acid groups is 1.